The number of sulfonamides is 1. The van der Waals surface area contributed by atoms with E-state index in [-0.39, 0.29) is 17.5 Å². The van der Waals surface area contributed by atoms with Crippen molar-refractivity contribution in [2.45, 2.75) is 39.7 Å². The molecule has 0 radical (unpaired) electrons. The Morgan fingerprint density at radius 2 is 1.73 bits per heavy atom. The highest BCUT2D eigenvalue weighted by molar-refractivity contribution is 7.93. The maximum absolute atomic E-state index is 15.0. The molecule has 2 aliphatic rings. The Bertz CT molecular complexity index is 1160. The number of carbonyl (C=O) groups excluding carboxylic acids is 1. The van der Waals surface area contributed by atoms with Crippen molar-refractivity contribution in [2.75, 3.05) is 41.1 Å². The van der Waals surface area contributed by atoms with Gasteiger partial charge in [-0.2, -0.15) is 0 Å². The number of rotatable bonds is 4. The first-order chi connectivity index (χ1) is 15.6. The molecule has 2 aromatic rings. The molecule has 178 valence electrons. The lowest BCUT2D eigenvalue weighted by Gasteiger charge is -2.36. The molecule has 2 aliphatic heterocycles. The normalized spacial score (nSPS) is 20.4. The van der Waals surface area contributed by atoms with Gasteiger partial charge in [0.2, 0.25) is 10.0 Å². The van der Waals surface area contributed by atoms with Crippen LogP contribution >= 0.6 is 0 Å². The molecule has 0 aliphatic carbocycles. The molecule has 2 saturated heterocycles. The number of pyridine rings is 1. The summed E-state index contributed by atoms with van der Waals surface area (Å²) in [4.78, 5) is 20.9. The second-order valence-electron chi connectivity index (χ2n) is 8.68. The van der Waals surface area contributed by atoms with E-state index in [1.807, 2.05) is 26.8 Å². The number of benzene rings is 1. The van der Waals surface area contributed by atoms with Crippen molar-refractivity contribution in [2.24, 2.45) is 0 Å². The molecule has 33 heavy (non-hydrogen) atoms. The minimum absolute atomic E-state index is 0.0605. The number of nitrogens with zero attached hydrogens (tertiary/aromatic N) is 4. The van der Waals surface area contributed by atoms with E-state index in [0.29, 0.717) is 39.0 Å². The third kappa shape index (κ3) is 4.40. The topological polar surface area (TPSA) is 73.8 Å². The maximum Gasteiger partial charge on any atom is 0.259 e. The SMILES string of the molecule is CC[C@@H]1CCS(=O)(=O)N1c1cc(F)c(C(=O)N2CCN(c3ncc(C)cc3C)CC2)c(F)c1. The molecule has 0 spiro atoms. The zero-order valence-electron chi connectivity index (χ0n) is 19.0. The monoisotopic (exact) mass is 478 g/mol. The number of hydrogen-bond acceptors (Lipinski definition) is 5. The molecule has 0 N–H and O–H groups in total. The van der Waals surface area contributed by atoms with Crippen molar-refractivity contribution in [1.29, 1.82) is 0 Å². The second-order valence-corrected chi connectivity index (χ2v) is 10.6. The number of aryl methyl sites for hydroxylation is 2. The summed E-state index contributed by atoms with van der Waals surface area (Å²) in [6.07, 6.45) is 2.72. The van der Waals surface area contributed by atoms with Gasteiger partial charge in [-0.3, -0.25) is 9.10 Å². The van der Waals surface area contributed by atoms with Crippen LogP contribution in [0.5, 0.6) is 0 Å². The molecule has 1 aromatic heterocycles. The van der Waals surface area contributed by atoms with Crippen LogP contribution in [-0.2, 0) is 10.0 Å². The first-order valence-corrected chi connectivity index (χ1v) is 12.7. The van der Waals surface area contributed by atoms with Crippen LogP contribution < -0.4 is 9.21 Å². The minimum atomic E-state index is -3.63. The molecule has 2 fully saturated rings. The summed E-state index contributed by atoms with van der Waals surface area (Å²) in [5.74, 6) is -2.06. The summed E-state index contributed by atoms with van der Waals surface area (Å²) < 4.78 is 55.8. The van der Waals surface area contributed by atoms with Gasteiger partial charge in [-0.25, -0.2) is 22.2 Å². The number of halogens is 2. The zero-order valence-corrected chi connectivity index (χ0v) is 19.8. The third-order valence-electron chi connectivity index (χ3n) is 6.36. The number of aromatic nitrogens is 1. The van der Waals surface area contributed by atoms with Crippen LogP contribution in [0.25, 0.3) is 0 Å². The van der Waals surface area contributed by atoms with Crippen LogP contribution in [-0.4, -0.2) is 62.2 Å². The number of amides is 1. The van der Waals surface area contributed by atoms with Gasteiger partial charge in [0.05, 0.1) is 11.4 Å². The van der Waals surface area contributed by atoms with Gasteiger partial charge < -0.3 is 9.80 Å². The number of hydrogen-bond donors (Lipinski definition) is 0. The Labute approximate surface area is 193 Å². The largest absolute Gasteiger partial charge is 0.353 e. The maximum atomic E-state index is 15.0. The highest BCUT2D eigenvalue weighted by Gasteiger charge is 2.38. The lowest BCUT2D eigenvalue weighted by atomic mass is 10.1. The molecule has 10 heteroatoms. The highest BCUT2D eigenvalue weighted by Crippen LogP contribution is 2.33. The summed E-state index contributed by atoms with van der Waals surface area (Å²) in [6.45, 7) is 7.36. The van der Waals surface area contributed by atoms with Crippen LogP contribution in [0.4, 0.5) is 20.3 Å². The summed E-state index contributed by atoms with van der Waals surface area (Å²) in [6, 6.07) is 3.60. The fraction of sp³-hybridized carbons (Fsp3) is 0.478. The Morgan fingerprint density at radius 1 is 1.09 bits per heavy atom. The molecule has 4 rings (SSSR count). The van der Waals surface area contributed by atoms with E-state index in [9.17, 15) is 22.0 Å². The molecular formula is C23H28F2N4O3S. The van der Waals surface area contributed by atoms with Crippen molar-refractivity contribution in [1.82, 2.24) is 9.88 Å². The standard InChI is InChI=1S/C23H28F2N4O3S/c1-4-17-5-10-33(31,32)29(17)18-12-19(24)21(20(25)13-18)23(30)28-8-6-27(7-9-28)22-16(3)11-15(2)14-26-22/h11-14,17H,4-10H2,1-3H3/t17-/m1/s1. The highest BCUT2D eigenvalue weighted by atomic mass is 32.2. The predicted octanol–water partition coefficient (Wildman–Crippen LogP) is 3.26. The van der Waals surface area contributed by atoms with Crippen molar-refractivity contribution in [3.05, 3.63) is 52.7 Å². The molecule has 1 aromatic carbocycles. The Hall–Kier alpha value is -2.75. The van der Waals surface area contributed by atoms with E-state index < -0.39 is 33.1 Å². The second kappa shape index (κ2) is 8.89. The van der Waals surface area contributed by atoms with Gasteiger partial charge in [0.1, 0.15) is 23.0 Å². The van der Waals surface area contributed by atoms with E-state index in [2.05, 4.69) is 9.88 Å². The van der Waals surface area contributed by atoms with Crippen molar-refractivity contribution < 1.29 is 22.0 Å². The summed E-state index contributed by atoms with van der Waals surface area (Å²) in [5, 5.41) is 0. The van der Waals surface area contributed by atoms with Gasteiger partial charge in [0.25, 0.3) is 5.91 Å². The van der Waals surface area contributed by atoms with Crippen LogP contribution in [0.2, 0.25) is 0 Å². The van der Waals surface area contributed by atoms with Gasteiger partial charge in [-0.05, 0) is 49.9 Å². The number of piperazine rings is 1. The van der Waals surface area contributed by atoms with E-state index in [4.69, 9.17) is 0 Å². The van der Waals surface area contributed by atoms with Gasteiger partial charge in [0.15, 0.2) is 0 Å². The van der Waals surface area contributed by atoms with Crippen LogP contribution in [0.1, 0.15) is 41.3 Å². The molecule has 0 bridgehead atoms. The van der Waals surface area contributed by atoms with Gasteiger partial charge in [-0.1, -0.05) is 13.0 Å². The van der Waals surface area contributed by atoms with Crippen molar-refractivity contribution in [3.63, 3.8) is 0 Å². The van der Waals surface area contributed by atoms with E-state index in [1.165, 1.54) is 4.90 Å². The fourth-order valence-electron chi connectivity index (χ4n) is 4.68. The molecule has 1 atom stereocenters. The first kappa shape index (κ1) is 23.4. The third-order valence-corrected chi connectivity index (χ3v) is 8.22. The molecule has 0 saturated carbocycles. The van der Waals surface area contributed by atoms with Gasteiger partial charge in [0, 0.05) is 38.4 Å². The molecule has 0 unspecified atom stereocenters. The quantitative estimate of drug-likeness (QED) is 0.675. The zero-order chi connectivity index (χ0) is 23.9. The Balaban J connectivity index is 1.52. The number of anilines is 2. The lowest BCUT2D eigenvalue weighted by molar-refractivity contribution is 0.0736. The van der Waals surface area contributed by atoms with Crippen molar-refractivity contribution in [3.8, 4) is 0 Å². The van der Waals surface area contributed by atoms with Crippen LogP contribution in [0, 0.1) is 25.5 Å². The number of carbonyl (C=O) groups is 1. The van der Waals surface area contributed by atoms with Gasteiger partial charge in [-0.15, -0.1) is 0 Å². The van der Waals surface area contributed by atoms with E-state index in [1.54, 1.807) is 6.20 Å². The van der Waals surface area contributed by atoms with E-state index >= 15 is 0 Å². The summed E-state index contributed by atoms with van der Waals surface area (Å²) in [5.41, 5.74) is 1.37. The summed E-state index contributed by atoms with van der Waals surface area (Å²) >= 11 is 0. The smallest absolute Gasteiger partial charge is 0.259 e. The Kier molecular flexibility index (Phi) is 6.30. The minimum Gasteiger partial charge on any atom is -0.353 e. The summed E-state index contributed by atoms with van der Waals surface area (Å²) in [7, 11) is -3.63. The van der Waals surface area contributed by atoms with E-state index in [0.717, 1.165) is 33.4 Å². The average molecular weight is 479 g/mol. The first-order valence-electron chi connectivity index (χ1n) is 11.1. The molecular weight excluding hydrogens is 450 g/mol. The predicted molar refractivity (Wildman–Crippen MR) is 123 cm³/mol. The molecule has 7 nitrogen and oxygen atoms in total. The fourth-order valence-corrected chi connectivity index (χ4v) is 6.58. The van der Waals surface area contributed by atoms with Crippen LogP contribution in [0.15, 0.2) is 24.4 Å². The van der Waals surface area contributed by atoms with Crippen LogP contribution in [0.3, 0.4) is 0 Å². The van der Waals surface area contributed by atoms with Gasteiger partial charge >= 0.3 is 0 Å². The van der Waals surface area contributed by atoms with Crippen molar-refractivity contribution >= 4 is 27.4 Å². The Morgan fingerprint density at radius 3 is 2.30 bits per heavy atom. The average Bonchev–Trinajstić information content (AvgIpc) is 3.07. The lowest BCUT2D eigenvalue weighted by Crippen LogP contribution is -2.49. The molecule has 3 heterocycles. The molecule has 1 amide bonds.